The molecule has 1 unspecified atom stereocenters. The number of nitro groups is 1. The third-order valence-corrected chi connectivity index (χ3v) is 5.50. The van der Waals surface area contributed by atoms with E-state index in [1.54, 1.807) is 19.1 Å². The fourth-order valence-corrected chi connectivity index (χ4v) is 3.50. The topological polar surface area (TPSA) is 102 Å². The summed E-state index contributed by atoms with van der Waals surface area (Å²) < 4.78 is 5.94. The Labute approximate surface area is 185 Å². The summed E-state index contributed by atoms with van der Waals surface area (Å²) in [5.74, 6) is 0.537. The van der Waals surface area contributed by atoms with Crippen LogP contribution < -0.4 is 0 Å². The molecule has 0 amide bonds. The van der Waals surface area contributed by atoms with Crippen LogP contribution >= 0.6 is 0 Å². The number of fused-ring (bicyclic) bond motifs is 1. The van der Waals surface area contributed by atoms with Crippen LogP contribution in [-0.4, -0.2) is 21.2 Å². The van der Waals surface area contributed by atoms with Crippen molar-refractivity contribution in [1.29, 1.82) is 0 Å². The predicted molar refractivity (Wildman–Crippen MR) is 125 cm³/mol. The first kappa shape index (κ1) is 21.2. The van der Waals surface area contributed by atoms with Crippen molar-refractivity contribution in [1.82, 2.24) is 4.98 Å². The van der Waals surface area contributed by atoms with Crippen molar-refractivity contribution in [3.63, 3.8) is 0 Å². The molecule has 0 aliphatic heterocycles. The monoisotopic (exact) mass is 429 g/mol. The summed E-state index contributed by atoms with van der Waals surface area (Å²) in [4.78, 5) is 19.6. The van der Waals surface area contributed by atoms with Crippen LogP contribution in [-0.2, 0) is 0 Å². The third-order valence-electron chi connectivity index (χ3n) is 5.50. The number of aromatic nitrogens is 1. The van der Waals surface area contributed by atoms with Gasteiger partial charge in [-0.25, -0.2) is 4.98 Å². The zero-order chi connectivity index (χ0) is 22.8. The number of nitro benzene ring substituents is 1. The minimum atomic E-state index is -0.611. The van der Waals surface area contributed by atoms with Gasteiger partial charge >= 0.3 is 5.69 Å². The van der Waals surface area contributed by atoms with E-state index >= 15 is 0 Å². The average molecular weight is 429 g/mol. The van der Waals surface area contributed by atoms with Gasteiger partial charge in [-0.2, -0.15) is 0 Å². The van der Waals surface area contributed by atoms with Gasteiger partial charge in [-0.05, 0) is 66.8 Å². The zero-order valence-corrected chi connectivity index (χ0v) is 18.1. The van der Waals surface area contributed by atoms with Gasteiger partial charge < -0.3 is 9.52 Å². The first-order chi connectivity index (χ1) is 15.4. The Morgan fingerprint density at radius 2 is 2.03 bits per heavy atom. The molecule has 3 aromatic carbocycles. The average Bonchev–Trinajstić information content (AvgIpc) is 3.22. The Morgan fingerprint density at radius 1 is 1.22 bits per heavy atom. The van der Waals surface area contributed by atoms with E-state index < -0.39 is 10.7 Å². The molecule has 0 aliphatic carbocycles. The Kier molecular flexibility index (Phi) is 5.73. The summed E-state index contributed by atoms with van der Waals surface area (Å²) in [7, 11) is 0. The third kappa shape index (κ3) is 4.23. The molecule has 0 saturated heterocycles. The molecule has 4 rings (SSSR count). The minimum absolute atomic E-state index is 0.279. The van der Waals surface area contributed by atoms with Crippen molar-refractivity contribution in [2.45, 2.75) is 33.1 Å². The maximum atomic E-state index is 11.1. The second-order valence-electron chi connectivity index (χ2n) is 7.84. The Morgan fingerprint density at radius 3 is 2.78 bits per heavy atom. The molecule has 1 aromatic heterocycles. The molecule has 32 heavy (non-hydrogen) atoms. The van der Waals surface area contributed by atoms with Crippen molar-refractivity contribution >= 4 is 28.7 Å². The second-order valence-corrected chi connectivity index (χ2v) is 7.84. The SMILES string of the molecule is CCC(C)c1ccc2oc(-c3cccc(N=Cc4cc(C)cc([N+](=O)[O-])c4O)c3)nc2c1. The summed E-state index contributed by atoms with van der Waals surface area (Å²) in [5.41, 5.74) is 4.72. The Balaban J connectivity index is 1.65. The van der Waals surface area contributed by atoms with Crippen molar-refractivity contribution in [2.24, 2.45) is 4.99 Å². The number of phenolic OH excluding ortho intramolecular Hbond substituents is 1. The van der Waals surface area contributed by atoms with Crippen molar-refractivity contribution < 1.29 is 14.4 Å². The smallest absolute Gasteiger partial charge is 0.311 e. The molecule has 0 aliphatic rings. The number of oxazole rings is 1. The number of hydrogen-bond donors (Lipinski definition) is 1. The minimum Gasteiger partial charge on any atom is -0.502 e. The van der Waals surface area contributed by atoms with E-state index in [0.717, 1.165) is 23.1 Å². The zero-order valence-electron chi connectivity index (χ0n) is 18.1. The van der Waals surface area contributed by atoms with Gasteiger partial charge in [0.25, 0.3) is 0 Å². The van der Waals surface area contributed by atoms with Crippen LogP contribution in [0.15, 0.2) is 64.0 Å². The quantitative estimate of drug-likeness (QED) is 0.209. The molecule has 0 bridgehead atoms. The van der Waals surface area contributed by atoms with Crippen molar-refractivity contribution in [3.05, 3.63) is 81.4 Å². The Hall–Kier alpha value is -4.00. The molecule has 7 heteroatoms. The van der Waals surface area contributed by atoms with E-state index in [1.807, 2.05) is 24.3 Å². The highest BCUT2D eigenvalue weighted by Crippen LogP contribution is 2.32. The number of aliphatic imine (C=N–C) groups is 1. The number of phenols is 1. The maximum Gasteiger partial charge on any atom is 0.311 e. The van der Waals surface area contributed by atoms with E-state index in [1.165, 1.54) is 17.8 Å². The van der Waals surface area contributed by atoms with Crippen LogP contribution in [0.2, 0.25) is 0 Å². The molecule has 7 nitrogen and oxygen atoms in total. The van der Waals surface area contributed by atoms with E-state index in [9.17, 15) is 15.2 Å². The first-order valence-electron chi connectivity index (χ1n) is 10.4. The lowest BCUT2D eigenvalue weighted by Crippen LogP contribution is -1.93. The Bertz CT molecular complexity index is 1340. The summed E-state index contributed by atoms with van der Waals surface area (Å²) in [6.45, 7) is 6.07. The van der Waals surface area contributed by atoms with Gasteiger partial charge in [0.05, 0.1) is 10.6 Å². The summed E-state index contributed by atoms with van der Waals surface area (Å²) in [5, 5.41) is 21.3. The van der Waals surface area contributed by atoms with E-state index in [-0.39, 0.29) is 11.3 Å². The van der Waals surface area contributed by atoms with Crippen LogP contribution in [0.1, 0.15) is 42.9 Å². The molecule has 0 spiro atoms. The number of aromatic hydroxyl groups is 1. The molecule has 0 fully saturated rings. The van der Waals surface area contributed by atoms with E-state index in [4.69, 9.17) is 4.42 Å². The number of aryl methyl sites for hydroxylation is 1. The summed E-state index contributed by atoms with van der Waals surface area (Å²) >= 11 is 0. The number of nitrogens with zero attached hydrogens (tertiary/aromatic N) is 3. The lowest BCUT2D eigenvalue weighted by atomic mass is 9.98. The molecule has 1 atom stereocenters. The molecular formula is C25H23N3O4. The molecule has 1 heterocycles. The molecular weight excluding hydrogens is 406 g/mol. The summed E-state index contributed by atoms with van der Waals surface area (Å²) in [6, 6.07) is 16.4. The second kappa shape index (κ2) is 8.63. The van der Waals surface area contributed by atoms with Gasteiger partial charge in [0.1, 0.15) is 5.52 Å². The van der Waals surface area contributed by atoms with Crippen LogP contribution in [0.25, 0.3) is 22.6 Å². The molecule has 0 saturated carbocycles. The van der Waals surface area contributed by atoms with Crippen LogP contribution in [0.3, 0.4) is 0 Å². The number of rotatable bonds is 6. The lowest BCUT2D eigenvalue weighted by molar-refractivity contribution is -0.385. The van der Waals surface area contributed by atoms with Gasteiger partial charge in [-0.3, -0.25) is 15.1 Å². The summed E-state index contributed by atoms with van der Waals surface area (Å²) in [6.07, 6.45) is 2.47. The largest absolute Gasteiger partial charge is 0.502 e. The van der Waals surface area contributed by atoms with Crippen molar-refractivity contribution in [2.75, 3.05) is 0 Å². The van der Waals surface area contributed by atoms with Crippen LogP contribution in [0.5, 0.6) is 5.75 Å². The fourth-order valence-electron chi connectivity index (χ4n) is 3.50. The van der Waals surface area contributed by atoms with Crippen molar-refractivity contribution in [3.8, 4) is 17.2 Å². The normalized spacial score (nSPS) is 12.5. The van der Waals surface area contributed by atoms with Gasteiger partial charge in [-0.15, -0.1) is 0 Å². The highest BCUT2D eigenvalue weighted by atomic mass is 16.6. The van der Waals surface area contributed by atoms with Crippen LogP contribution in [0, 0.1) is 17.0 Å². The van der Waals surface area contributed by atoms with Gasteiger partial charge in [0.15, 0.2) is 5.58 Å². The van der Waals surface area contributed by atoms with E-state index in [2.05, 4.69) is 36.0 Å². The van der Waals surface area contributed by atoms with E-state index in [0.29, 0.717) is 23.1 Å². The van der Waals surface area contributed by atoms with Gasteiger partial charge in [-0.1, -0.05) is 26.0 Å². The number of benzene rings is 3. The van der Waals surface area contributed by atoms with Gasteiger partial charge in [0, 0.05) is 23.4 Å². The van der Waals surface area contributed by atoms with Crippen LogP contribution in [0.4, 0.5) is 11.4 Å². The maximum absolute atomic E-state index is 11.1. The van der Waals surface area contributed by atoms with Gasteiger partial charge in [0.2, 0.25) is 11.6 Å². The first-order valence-corrected chi connectivity index (χ1v) is 10.4. The molecule has 4 aromatic rings. The highest BCUT2D eigenvalue weighted by Gasteiger charge is 2.17. The lowest BCUT2D eigenvalue weighted by Gasteiger charge is -2.07. The molecule has 1 N–H and O–H groups in total. The predicted octanol–water partition coefficient (Wildman–Crippen LogP) is 6.68. The fraction of sp³-hybridized carbons (Fsp3) is 0.200. The molecule has 162 valence electrons. The standard InChI is InChI=1S/C25H23N3O4/c1-4-16(3)17-8-9-23-21(13-17)27-25(32-23)18-6-5-7-20(12-18)26-14-19-10-15(2)11-22(24(19)29)28(30)31/h5-14,16,29H,4H2,1-3H3. The molecule has 0 radical (unpaired) electrons. The highest BCUT2D eigenvalue weighted by molar-refractivity contribution is 5.88. The number of hydrogen-bond acceptors (Lipinski definition) is 6.